The van der Waals surface area contributed by atoms with Crippen molar-refractivity contribution in [2.75, 3.05) is 7.05 Å². The Morgan fingerprint density at radius 2 is 2.12 bits per heavy atom. The molecule has 6 nitrogen and oxygen atoms in total. The second-order valence-electron chi connectivity index (χ2n) is 6.14. The van der Waals surface area contributed by atoms with Gasteiger partial charge in [0, 0.05) is 7.05 Å². The lowest BCUT2D eigenvalue weighted by molar-refractivity contribution is -0.137. The van der Waals surface area contributed by atoms with E-state index in [4.69, 9.17) is 9.26 Å². The fraction of sp³-hybridized carbons (Fsp3) is 0.316. The predicted octanol–water partition coefficient (Wildman–Crippen LogP) is 3.84. The van der Waals surface area contributed by atoms with Crippen LogP contribution >= 0.6 is 11.3 Å². The van der Waals surface area contributed by atoms with Crippen LogP contribution in [0.2, 0.25) is 0 Å². The van der Waals surface area contributed by atoms with Gasteiger partial charge in [-0.25, -0.2) is 0 Å². The highest BCUT2D eigenvalue weighted by Gasteiger charge is 2.22. The molecule has 0 N–H and O–H groups in total. The number of rotatable bonds is 6. The monoisotopic (exact) mass is 371 g/mol. The number of thiophene rings is 1. The molecule has 0 aliphatic heterocycles. The average Bonchev–Trinajstić information content (AvgIpc) is 3.29. The van der Waals surface area contributed by atoms with Gasteiger partial charge >= 0.3 is 0 Å². The van der Waals surface area contributed by atoms with E-state index >= 15 is 0 Å². The van der Waals surface area contributed by atoms with Gasteiger partial charge in [-0.05, 0) is 49.4 Å². The molecule has 0 radical (unpaired) electrons. The summed E-state index contributed by atoms with van der Waals surface area (Å²) in [6.45, 7) is 5.97. The third-order valence-electron chi connectivity index (χ3n) is 4.16. The first-order chi connectivity index (χ1) is 12.5. The van der Waals surface area contributed by atoms with E-state index in [0.717, 1.165) is 21.8 Å². The number of carbonyl (C=O) groups excluding carboxylic acids is 1. The topological polar surface area (TPSA) is 68.5 Å². The lowest BCUT2D eigenvalue weighted by Gasteiger charge is -2.21. The van der Waals surface area contributed by atoms with Gasteiger partial charge in [-0.2, -0.15) is 4.98 Å². The summed E-state index contributed by atoms with van der Waals surface area (Å²) < 4.78 is 11.1. The van der Waals surface area contributed by atoms with E-state index in [1.54, 1.807) is 14.0 Å². The maximum absolute atomic E-state index is 12.6. The van der Waals surface area contributed by atoms with Gasteiger partial charge in [-0.15, -0.1) is 11.3 Å². The molecule has 3 rings (SSSR count). The van der Waals surface area contributed by atoms with E-state index in [1.807, 2.05) is 49.6 Å². The lowest BCUT2D eigenvalue weighted by atomic mass is 10.1. The summed E-state index contributed by atoms with van der Waals surface area (Å²) in [5.74, 6) is 1.50. The summed E-state index contributed by atoms with van der Waals surface area (Å²) in [6.07, 6.45) is -0.611. The van der Waals surface area contributed by atoms with Crippen molar-refractivity contribution in [3.05, 3.63) is 52.7 Å². The van der Waals surface area contributed by atoms with Crippen LogP contribution in [0.5, 0.6) is 5.75 Å². The summed E-state index contributed by atoms with van der Waals surface area (Å²) in [5, 5.41) is 5.91. The van der Waals surface area contributed by atoms with Crippen LogP contribution in [0.25, 0.3) is 10.7 Å². The molecule has 3 aromatic rings. The van der Waals surface area contributed by atoms with Crippen LogP contribution in [-0.4, -0.2) is 34.1 Å². The van der Waals surface area contributed by atoms with Gasteiger partial charge in [0.1, 0.15) is 5.75 Å². The normalized spacial score (nSPS) is 12.0. The van der Waals surface area contributed by atoms with Crippen LogP contribution in [-0.2, 0) is 11.3 Å². The molecule has 0 aliphatic carbocycles. The van der Waals surface area contributed by atoms with Crippen LogP contribution in [0.15, 0.2) is 40.2 Å². The molecule has 0 unspecified atom stereocenters. The first-order valence-electron chi connectivity index (χ1n) is 8.30. The SMILES string of the molecule is Cc1cccc(O[C@H](C)C(=O)N(C)Cc2nc(-c3cccs3)no2)c1C. The van der Waals surface area contributed by atoms with Gasteiger partial charge in [0.15, 0.2) is 6.10 Å². The molecular weight excluding hydrogens is 350 g/mol. The molecule has 136 valence electrons. The number of likely N-dealkylation sites (N-methyl/N-ethyl adjacent to an activating group) is 1. The zero-order valence-corrected chi connectivity index (χ0v) is 16.0. The van der Waals surface area contributed by atoms with Gasteiger partial charge in [-0.3, -0.25) is 4.79 Å². The van der Waals surface area contributed by atoms with Crippen molar-refractivity contribution in [1.82, 2.24) is 15.0 Å². The molecule has 1 aromatic carbocycles. The minimum Gasteiger partial charge on any atom is -0.481 e. The van der Waals surface area contributed by atoms with E-state index in [9.17, 15) is 4.79 Å². The van der Waals surface area contributed by atoms with Gasteiger partial charge in [0.2, 0.25) is 11.7 Å². The van der Waals surface area contributed by atoms with Crippen LogP contribution in [0.3, 0.4) is 0 Å². The Balaban J connectivity index is 1.63. The van der Waals surface area contributed by atoms with Crippen molar-refractivity contribution in [3.8, 4) is 16.5 Å². The first kappa shape index (κ1) is 18.1. The molecule has 7 heteroatoms. The van der Waals surface area contributed by atoms with E-state index in [1.165, 1.54) is 16.2 Å². The summed E-state index contributed by atoms with van der Waals surface area (Å²) in [5.41, 5.74) is 2.16. The predicted molar refractivity (Wildman–Crippen MR) is 100 cm³/mol. The fourth-order valence-electron chi connectivity index (χ4n) is 2.51. The summed E-state index contributed by atoms with van der Waals surface area (Å²) in [4.78, 5) is 19.4. The Labute approximate surface area is 156 Å². The number of benzene rings is 1. The van der Waals surface area contributed by atoms with E-state index in [-0.39, 0.29) is 12.5 Å². The summed E-state index contributed by atoms with van der Waals surface area (Å²) in [6, 6.07) is 9.66. The highest BCUT2D eigenvalue weighted by molar-refractivity contribution is 7.13. The summed E-state index contributed by atoms with van der Waals surface area (Å²) in [7, 11) is 1.69. The number of aromatic nitrogens is 2. The molecule has 0 bridgehead atoms. The smallest absolute Gasteiger partial charge is 0.263 e. The van der Waals surface area contributed by atoms with Gasteiger partial charge < -0.3 is 14.2 Å². The molecule has 2 heterocycles. The highest BCUT2D eigenvalue weighted by atomic mass is 32.1. The Kier molecular flexibility index (Phi) is 5.37. The Bertz CT molecular complexity index is 889. The van der Waals surface area contributed by atoms with Crippen molar-refractivity contribution in [1.29, 1.82) is 0 Å². The fourth-order valence-corrected chi connectivity index (χ4v) is 3.16. The lowest BCUT2D eigenvalue weighted by Crippen LogP contribution is -2.37. The number of ether oxygens (including phenoxy) is 1. The standard InChI is InChI=1S/C19H21N3O3S/c1-12-7-5-8-15(13(12)2)24-14(3)19(23)22(4)11-17-20-18(21-25-17)16-9-6-10-26-16/h5-10,14H,11H2,1-4H3/t14-/m1/s1. The van der Waals surface area contributed by atoms with Crippen LogP contribution in [0, 0.1) is 13.8 Å². The molecule has 1 atom stereocenters. The maximum atomic E-state index is 12.6. The zero-order valence-electron chi connectivity index (χ0n) is 15.2. The third-order valence-corrected chi connectivity index (χ3v) is 5.03. The Hall–Kier alpha value is -2.67. The van der Waals surface area contributed by atoms with Gasteiger partial charge in [0.05, 0.1) is 11.4 Å². The quantitative estimate of drug-likeness (QED) is 0.658. The molecular formula is C19H21N3O3S. The Morgan fingerprint density at radius 1 is 1.31 bits per heavy atom. The van der Waals surface area contributed by atoms with Gasteiger partial charge in [0.25, 0.3) is 5.91 Å². The minimum absolute atomic E-state index is 0.151. The third kappa shape index (κ3) is 3.94. The zero-order chi connectivity index (χ0) is 18.7. The Morgan fingerprint density at radius 3 is 2.85 bits per heavy atom. The number of hydrogen-bond acceptors (Lipinski definition) is 6. The molecule has 0 saturated heterocycles. The van der Waals surface area contributed by atoms with Crippen molar-refractivity contribution in [2.45, 2.75) is 33.4 Å². The number of nitrogens with zero attached hydrogens (tertiary/aromatic N) is 3. The van der Waals surface area contributed by atoms with Crippen LogP contribution < -0.4 is 4.74 Å². The molecule has 0 saturated carbocycles. The second kappa shape index (κ2) is 7.70. The molecule has 0 aliphatic rings. The highest BCUT2D eigenvalue weighted by Crippen LogP contribution is 2.23. The number of aryl methyl sites for hydroxylation is 1. The second-order valence-corrected chi connectivity index (χ2v) is 7.09. The number of amides is 1. The van der Waals surface area contributed by atoms with Crippen molar-refractivity contribution < 1.29 is 14.1 Å². The van der Waals surface area contributed by atoms with E-state index in [0.29, 0.717) is 11.7 Å². The van der Waals surface area contributed by atoms with Crippen molar-refractivity contribution in [2.24, 2.45) is 0 Å². The molecule has 26 heavy (non-hydrogen) atoms. The first-order valence-corrected chi connectivity index (χ1v) is 9.18. The van der Waals surface area contributed by atoms with E-state index < -0.39 is 6.10 Å². The maximum Gasteiger partial charge on any atom is 0.263 e. The number of hydrogen-bond donors (Lipinski definition) is 0. The molecule has 2 aromatic heterocycles. The largest absolute Gasteiger partial charge is 0.481 e. The van der Waals surface area contributed by atoms with Crippen LogP contribution in [0.1, 0.15) is 23.9 Å². The minimum atomic E-state index is -0.611. The van der Waals surface area contributed by atoms with Crippen molar-refractivity contribution in [3.63, 3.8) is 0 Å². The van der Waals surface area contributed by atoms with E-state index in [2.05, 4.69) is 10.1 Å². The van der Waals surface area contributed by atoms with Crippen molar-refractivity contribution >= 4 is 17.2 Å². The average molecular weight is 371 g/mol. The molecule has 1 amide bonds. The molecule has 0 fully saturated rings. The summed E-state index contributed by atoms with van der Waals surface area (Å²) >= 11 is 1.54. The molecule has 0 spiro atoms. The van der Waals surface area contributed by atoms with Crippen LogP contribution in [0.4, 0.5) is 0 Å². The van der Waals surface area contributed by atoms with Gasteiger partial charge in [-0.1, -0.05) is 23.4 Å². The number of carbonyl (C=O) groups is 1.